The second-order valence-corrected chi connectivity index (χ2v) is 7.76. The molecule has 1 unspecified atom stereocenters. The SMILES string of the molecule is O=C(COC(=O)C(CO)NC(=O)c1ccccc1)Nc1ccccc1Sc1ccccc1. The van der Waals surface area contributed by atoms with Crippen LogP contribution in [0.4, 0.5) is 5.69 Å². The molecule has 8 heteroatoms. The Morgan fingerprint density at radius 2 is 1.50 bits per heavy atom. The zero-order chi connectivity index (χ0) is 22.8. The molecule has 32 heavy (non-hydrogen) atoms. The Balaban J connectivity index is 1.54. The number of carbonyl (C=O) groups excluding carboxylic acids is 3. The third kappa shape index (κ3) is 6.69. The van der Waals surface area contributed by atoms with Gasteiger partial charge >= 0.3 is 5.97 Å². The van der Waals surface area contributed by atoms with Crippen molar-refractivity contribution in [3.63, 3.8) is 0 Å². The largest absolute Gasteiger partial charge is 0.454 e. The van der Waals surface area contributed by atoms with Crippen LogP contribution >= 0.6 is 11.8 Å². The van der Waals surface area contributed by atoms with E-state index in [0.29, 0.717) is 11.3 Å². The van der Waals surface area contributed by atoms with Gasteiger partial charge < -0.3 is 20.5 Å². The first kappa shape index (κ1) is 23.1. The van der Waals surface area contributed by atoms with Gasteiger partial charge in [0.05, 0.1) is 12.3 Å². The maximum absolute atomic E-state index is 12.3. The molecule has 3 aromatic rings. The maximum Gasteiger partial charge on any atom is 0.331 e. The number of amides is 2. The minimum absolute atomic E-state index is 0.337. The molecule has 3 N–H and O–H groups in total. The number of esters is 1. The highest BCUT2D eigenvalue weighted by molar-refractivity contribution is 7.99. The lowest BCUT2D eigenvalue weighted by molar-refractivity contribution is -0.150. The van der Waals surface area contributed by atoms with Crippen LogP contribution in [0.2, 0.25) is 0 Å². The van der Waals surface area contributed by atoms with Crippen molar-refractivity contribution >= 4 is 35.2 Å². The van der Waals surface area contributed by atoms with Crippen molar-refractivity contribution in [2.45, 2.75) is 15.8 Å². The lowest BCUT2D eigenvalue weighted by Gasteiger charge is -2.16. The van der Waals surface area contributed by atoms with Gasteiger partial charge in [0, 0.05) is 15.4 Å². The summed E-state index contributed by atoms with van der Waals surface area (Å²) < 4.78 is 4.99. The molecule has 0 bridgehead atoms. The summed E-state index contributed by atoms with van der Waals surface area (Å²) in [6.45, 7) is -1.21. The minimum atomic E-state index is -1.28. The molecule has 0 spiro atoms. The highest BCUT2D eigenvalue weighted by Gasteiger charge is 2.23. The smallest absolute Gasteiger partial charge is 0.331 e. The fourth-order valence-corrected chi connectivity index (χ4v) is 3.63. The molecule has 0 fully saturated rings. The summed E-state index contributed by atoms with van der Waals surface area (Å²) in [5.41, 5.74) is 0.919. The molecule has 164 valence electrons. The van der Waals surface area contributed by atoms with E-state index in [1.165, 1.54) is 11.8 Å². The maximum atomic E-state index is 12.3. The van der Waals surface area contributed by atoms with Gasteiger partial charge in [-0.15, -0.1) is 0 Å². The first-order valence-corrected chi connectivity index (χ1v) is 10.6. The Hall–Kier alpha value is -3.62. The van der Waals surface area contributed by atoms with Crippen molar-refractivity contribution in [1.82, 2.24) is 5.32 Å². The summed E-state index contributed by atoms with van der Waals surface area (Å²) in [5, 5.41) is 14.6. The molecule has 0 heterocycles. The third-order valence-electron chi connectivity index (χ3n) is 4.29. The molecule has 0 aliphatic heterocycles. The number of anilines is 1. The van der Waals surface area contributed by atoms with E-state index in [1.807, 2.05) is 42.5 Å². The number of para-hydroxylation sites is 1. The molecule has 3 rings (SSSR count). The quantitative estimate of drug-likeness (QED) is 0.433. The van der Waals surface area contributed by atoms with E-state index in [4.69, 9.17) is 4.74 Å². The van der Waals surface area contributed by atoms with Crippen LogP contribution in [0.5, 0.6) is 0 Å². The summed E-state index contributed by atoms with van der Waals surface area (Å²) in [4.78, 5) is 38.6. The van der Waals surface area contributed by atoms with Gasteiger partial charge in [0.25, 0.3) is 11.8 Å². The number of rotatable bonds is 9. The molecule has 1 atom stereocenters. The number of aliphatic hydroxyl groups excluding tert-OH is 1. The summed E-state index contributed by atoms with van der Waals surface area (Å²) in [6, 6.07) is 24.0. The van der Waals surface area contributed by atoms with Gasteiger partial charge in [-0.25, -0.2) is 4.79 Å². The zero-order valence-electron chi connectivity index (χ0n) is 17.1. The Morgan fingerprint density at radius 1 is 0.875 bits per heavy atom. The number of nitrogens with one attached hydrogen (secondary N) is 2. The Bertz CT molecular complexity index is 1060. The van der Waals surface area contributed by atoms with Gasteiger partial charge in [-0.05, 0) is 36.4 Å². The lowest BCUT2D eigenvalue weighted by atomic mass is 10.2. The fraction of sp³-hybridized carbons (Fsp3) is 0.125. The third-order valence-corrected chi connectivity index (χ3v) is 5.37. The van der Waals surface area contributed by atoms with E-state index < -0.39 is 37.0 Å². The van der Waals surface area contributed by atoms with E-state index in [2.05, 4.69) is 10.6 Å². The van der Waals surface area contributed by atoms with Crippen LogP contribution in [-0.2, 0) is 14.3 Å². The monoisotopic (exact) mass is 450 g/mol. The van der Waals surface area contributed by atoms with Gasteiger partial charge in [0.1, 0.15) is 0 Å². The zero-order valence-corrected chi connectivity index (χ0v) is 17.9. The fourth-order valence-electron chi connectivity index (χ4n) is 2.71. The van der Waals surface area contributed by atoms with Crippen LogP contribution in [-0.4, -0.2) is 42.1 Å². The first-order chi connectivity index (χ1) is 15.6. The van der Waals surface area contributed by atoms with Crippen LogP contribution in [0.1, 0.15) is 10.4 Å². The van der Waals surface area contributed by atoms with Crippen molar-refractivity contribution in [3.8, 4) is 0 Å². The minimum Gasteiger partial charge on any atom is -0.454 e. The van der Waals surface area contributed by atoms with Gasteiger partial charge in [0.2, 0.25) is 0 Å². The predicted octanol–water partition coefficient (Wildman–Crippen LogP) is 3.11. The number of aliphatic hydroxyl groups is 1. The summed E-state index contributed by atoms with van der Waals surface area (Å²) in [6.07, 6.45) is 0. The number of hydrogen-bond acceptors (Lipinski definition) is 6. The normalized spacial score (nSPS) is 11.3. The second-order valence-electron chi connectivity index (χ2n) is 6.64. The lowest BCUT2D eigenvalue weighted by Crippen LogP contribution is -2.45. The second kappa shape index (κ2) is 11.7. The number of carbonyl (C=O) groups is 3. The summed E-state index contributed by atoms with van der Waals surface area (Å²) >= 11 is 1.49. The number of ether oxygens (including phenoxy) is 1. The molecule has 0 saturated heterocycles. The summed E-state index contributed by atoms with van der Waals surface area (Å²) in [5.74, 6) is -1.97. The van der Waals surface area contributed by atoms with E-state index in [9.17, 15) is 19.5 Å². The average Bonchev–Trinajstić information content (AvgIpc) is 2.83. The number of hydrogen-bond donors (Lipinski definition) is 3. The predicted molar refractivity (Wildman–Crippen MR) is 121 cm³/mol. The molecular weight excluding hydrogens is 428 g/mol. The number of benzene rings is 3. The van der Waals surface area contributed by atoms with Crippen LogP contribution in [0, 0.1) is 0 Å². The van der Waals surface area contributed by atoms with Crippen molar-refractivity contribution in [3.05, 3.63) is 90.5 Å². The average molecular weight is 451 g/mol. The molecule has 2 amide bonds. The van der Waals surface area contributed by atoms with Gasteiger partial charge in [0.15, 0.2) is 12.6 Å². The summed E-state index contributed by atoms with van der Waals surface area (Å²) in [7, 11) is 0. The van der Waals surface area contributed by atoms with E-state index in [-0.39, 0.29) is 0 Å². The van der Waals surface area contributed by atoms with E-state index in [0.717, 1.165) is 9.79 Å². The Labute approximate surface area is 189 Å². The van der Waals surface area contributed by atoms with Crippen LogP contribution in [0.15, 0.2) is 94.7 Å². The first-order valence-electron chi connectivity index (χ1n) is 9.82. The topological polar surface area (TPSA) is 105 Å². The van der Waals surface area contributed by atoms with Crippen LogP contribution in [0.3, 0.4) is 0 Å². The molecule has 0 aliphatic carbocycles. The molecule has 0 radical (unpaired) electrons. The molecular formula is C24H22N2O5S. The van der Waals surface area contributed by atoms with Gasteiger partial charge in [-0.1, -0.05) is 60.3 Å². The van der Waals surface area contributed by atoms with E-state index >= 15 is 0 Å². The van der Waals surface area contributed by atoms with Gasteiger partial charge in [-0.3, -0.25) is 9.59 Å². The van der Waals surface area contributed by atoms with Crippen molar-refractivity contribution < 1.29 is 24.2 Å². The van der Waals surface area contributed by atoms with Crippen molar-refractivity contribution in [1.29, 1.82) is 0 Å². The molecule has 0 saturated carbocycles. The molecule has 3 aromatic carbocycles. The highest BCUT2D eigenvalue weighted by atomic mass is 32.2. The highest BCUT2D eigenvalue weighted by Crippen LogP contribution is 2.33. The van der Waals surface area contributed by atoms with Crippen molar-refractivity contribution in [2.24, 2.45) is 0 Å². The standard InChI is InChI=1S/C24H22N2O5S/c27-15-20(26-23(29)17-9-3-1-4-10-17)24(30)31-16-22(28)25-19-13-7-8-14-21(19)32-18-11-5-2-6-12-18/h1-14,20,27H,15-16H2,(H,25,28)(H,26,29). The Morgan fingerprint density at radius 3 is 2.19 bits per heavy atom. The molecule has 0 aliphatic rings. The van der Waals surface area contributed by atoms with E-state index in [1.54, 1.807) is 42.5 Å². The molecule has 0 aromatic heterocycles. The van der Waals surface area contributed by atoms with Gasteiger partial charge in [-0.2, -0.15) is 0 Å². The Kier molecular flexibility index (Phi) is 8.42. The molecule has 7 nitrogen and oxygen atoms in total. The van der Waals surface area contributed by atoms with Crippen LogP contribution in [0.25, 0.3) is 0 Å². The van der Waals surface area contributed by atoms with Crippen LogP contribution < -0.4 is 10.6 Å². The van der Waals surface area contributed by atoms with Crippen molar-refractivity contribution in [2.75, 3.05) is 18.5 Å².